The highest BCUT2D eigenvalue weighted by molar-refractivity contribution is 6.99. The maximum Gasteiger partial charge on any atom is 0.338 e. The van der Waals surface area contributed by atoms with Gasteiger partial charge in [0.1, 0.15) is 6.10 Å². The van der Waals surface area contributed by atoms with E-state index in [1.165, 1.54) is 10.4 Å². The summed E-state index contributed by atoms with van der Waals surface area (Å²) >= 11 is 0. The van der Waals surface area contributed by atoms with Crippen molar-refractivity contribution in [2.75, 3.05) is 6.61 Å². The number of carbonyl (C=O) groups is 1. The van der Waals surface area contributed by atoms with Crippen molar-refractivity contribution < 1.29 is 23.4 Å². The Balaban J connectivity index is 1.70. The van der Waals surface area contributed by atoms with E-state index < -0.39 is 32.4 Å². The van der Waals surface area contributed by atoms with Crippen LogP contribution in [0.25, 0.3) is 0 Å². The summed E-state index contributed by atoms with van der Waals surface area (Å²) in [5, 5.41) is 2.23. The summed E-state index contributed by atoms with van der Waals surface area (Å²) in [6.45, 7) is 10.6. The van der Waals surface area contributed by atoms with Gasteiger partial charge >= 0.3 is 5.97 Å². The number of hydrogen-bond donors (Lipinski definition) is 0. The second-order valence-corrected chi connectivity index (χ2v) is 13.8. The molecule has 2 heterocycles. The first-order valence-corrected chi connectivity index (χ1v) is 12.4. The maximum atomic E-state index is 12.3. The van der Waals surface area contributed by atoms with Crippen LogP contribution in [0.4, 0.5) is 0 Å². The van der Waals surface area contributed by atoms with Gasteiger partial charge in [-0.25, -0.2) is 4.79 Å². The Labute approximate surface area is 179 Å². The van der Waals surface area contributed by atoms with Gasteiger partial charge in [0, 0.05) is 0 Å². The van der Waals surface area contributed by atoms with Crippen molar-refractivity contribution in [1.82, 2.24) is 0 Å². The molecule has 2 aromatic rings. The highest BCUT2D eigenvalue weighted by Gasteiger charge is 2.57. The molecule has 0 aromatic heterocycles. The predicted molar refractivity (Wildman–Crippen MR) is 117 cm³/mol. The van der Waals surface area contributed by atoms with Crippen molar-refractivity contribution in [3.8, 4) is 0 Å². The molecule has 0 saturated carbocycles. The normalized spacial score (nSPS) is 25.8. The standard InChI is InChI=1S/C24H30O5Si/c1-23(2,3)30(17-12-8-6-9-13-17,18-14-10-7-11-15-18)26-16-19-20-21(22(25)27-19)29-24(4,5)28-20/h6-15,19-21H,16H2,1-5H3/t19?,20-,21-/m1/s1. The molecule has 1 unspecified atom stereocenters. The van der Waals surface area contributed by atoms with Crippen LogP contribution in [0, 0.1) is 0 Å². The molecular weight excluding hydrogens is 396 g/mol. The van der Waals surface area contributed by atoms with E-state index in [4.69, 9.17) is 18.6 Å². The smallest absolute Gasteiger partial charge is 0.338 e. The molecule has 3 atom stereocenters. The van der Waals surface area contributed by atoms with Gasteiger partial charge in [0.25, 0.3) is 8.32 Å². The number of hydrogen-bond acceptors (Lipinski definition) is 5. The monoisotopic (exact) mass is 426 g/mol. The predicted octanol–water partition coefficient (Wildman–Crippen LogP) is 3.01. The number of cyclic esters (lactones) is 1. The van der Waals surface area contributed by atoms with E-state index in [0.29, 0.717) is 0 Å². The third-order valence-corrected chi connectivity index (χ3v) is 10.9. The van der Waals surface area contributed by atoms with Gasteiger partial charge in [0.2, 0.25) is 0 Å². The highest BCUT2D eigenvalue weighted by atomic mass is 28.4. The van der Waals surface area contributed by atoms with Crippen LogP contribution in [0.1, 0.15) is 34.6 Å². The summed E-state index contributed by atoms with van der Waals surface area (Å²) in [7, 11) is -2.71. The van der Waals surface area contributed by atoms with E-state index in [0.717, 1.165) is 0 Å². The van der Waals surface area contributed by atoms with Crippen molar-refractivity contribution in [2.24, 2.45) is 0 Å². The molecule has 6 heteroatoms. The second kappa shape index (κ2) is 7.61. The number of carbonyl (C=O) groups excluding carboxylic acids is 1. The molecule has 5 nitrogen and oxygen atoms in total. The van der Waals surface area contributed by atoms with Crippen molar-refractivity contribution in [3.63, 3.8) is 0 Å². The van der Waals surface area contributed by atoms with Gasteiger partial charge in [-0.2, -0.15) is 0 Å². The number of fused-ring (bicyclic) bond motifs is 1. The summed E-state index contributed by atoms with van der Waals surface area (Å²) < 4.78 is 24.2. The molecule has 0 N–H and O–H groups in total. The Morgan fingerprint density at radius 1 is 0.933 bits per heavy atom. The first-order valence-electron chi connectivity index (χ1n) is 10.5. The minimum absolute atomic E-state index is 0.149. The molecule has 2 fully saturated rings. The van der Waals surface area contributed by atoms with Crippen LogP contribution in [-0.2, 0) is 23.4 Å². The molecule has 0 radical (unpaired) electrons. The SMILES string of the molecule is CC1(C)O[C@@H]2C(CO[Si](c3ccccc3)(c3ccccc3)C(C)(C)C)OC(=O)[C@@H]2O1. The largest absolute Gasteiger partial charge is 0.455 e. The quantitative estimate of drug-likeness (QED) is 0.543. The lowest BCUT2D eigenvalue weighted by molar-refractivity contribution is -0.188. The number of rotatable bonds is 5. The molecule has 2 aliphatic rings. The number of esters is 1. The van der Waals surface area contributed by atoms with Crippen LogP contribution in [-0.4, -0.2) is 45.0 Å². The van der Waals surface area contributed by atoms with Crippen LogP contribution < -0.4 is 10.4 Å². The second-order valence-electron chi connectivity index (χ2n) is 9.47. The van der Waals surface area contributed by atoms with E-state index in [1.54, 1.807) is 0 Å². The first-order chi connectivity index (χ1) is 14.1. The van der Waals surface area contributed by atoms with Crippen molar-refractivity contribution in [3.05, 3.63) is 60.7 Å². The summed E-state index contributed by atoms with van der Waals surface area (Å²) in [6, 6.07) is 20.8. The molecule has 0 spiro atoms. The van der Waals surface area contributed by atoms with Gasteiger partial charge in [-0.05, 0) is 29.3 Å². The topological polar surface area (TPSA) is 54.0 Å². The highest BCUT2D eigenvalue weighted by Crippen LogP contribution is 2.39. The maximum absolute atomic E-state index is 12.3. The van der Waals surface area contributed by atoms with Crippen LogP contribution in [0.2, 0.25) is 5.04 Å². The fourth-order valence-corrected chi connectivity index (χ4v) is 9.19. The lowest BCUT2D eigenvalue weighted by atomic mass is 10.1. The van der Waals surface area contributed by atoms with E-state index in [9.17, 15) is 4.79 Å². The zero-order valence-corrected chi connectivity index (χ0v) is 19.3. The Hall–Kier alpha value is -1.99. The first kappa shape index (κ1) is 21.2. The van der Waals surface area contributed by atoms with Crippen molar-refractivity contribution >= 4 is 24.7 Å². The summed E-state index contributed by atoms with van der Waals surface area (Å²) in [4.78, 5) is 12.3. The average molecular weight is 427 g/mol. The molecule has 2 aliphatic heterocycles. The molecule has 2 aromatic carbocycles. The Kier molecular flexibility index (Phi) is 5.39. The molecule has 0 bridgehead atoms. The fraction of sp³-hybridized carbons (Fsp3) is 0.458. The fourth-order valence-electron chi connectivity index (χ4n) is 4.62. The summed E-state index contributed by atoms with van der Waals surface area (Å²) in [5.41, 5.74) is 0. The lowest BCUT2D eigenvalue weighted by Gasteiger charge is -2.43. The van der Waals surface area contributed by atoms with Crippen LogP contribution >= 0.6 is 0 Å². The molecule has 0 amide bonds. The molecular formula is C24H30O5Si. The molecule has 4 rings (SSSR count). The molecule has 2 saturated heterocycles. The minimum Gasteiger partial charge on any atom is -0.455 e. The van der Waals surface area contributed by atoms with Gasteiger partial charge in [0.15, 0.2) is 18.0 Å². The van der Waals surface area contributed by atoms with E-state index >= 15 is 0 Å². The number of ether oxygens (including phenoxy) is 3. The zero-order valence-electron chi connectivity index (χ0n) is 18.3. The summed E-state index contributed by atoms with van der Waals surface area (Å²) in [6.07, 6.45) is -1.63. The zero-order chi connectivity index (χ0) is 21.6. The van der Waals surface area contributed by atoms with E-state index in [2.05, 4.69) is 69.3 Å². The minimum atomic E-state index is -2.71. The van der Waals surface area contributed by atoms with Crippen LogP contribution in [0.15, 0.2) is 60.7 Å². The number of benzene rings is 2. The van der Waals surface area contributed by atoms with Crippen LogP contribution in [0.5, 0.6) is 0 Å². The van der Waals surface area contributed by atoms with Gasteiger partial charge in [0.05, 0.1) is 6.61 Å². The molecule has 30 heavy (non-hydrogen) atoms. The molecule has 0 aliphatic carbocycles. The third kappa shape index (κ3) is 3.62. The van der Waals surface area contributed by atoms with Gasteiger partial charge in [-0.15, -0.1) is 0 Å². The van der Waals surface area contributed by atoms with Gasteiger partial charge in [-0.1, -0.05) is 81.4 Å². The van der Waals surface area contributed by atoms with Gasteiger partial charge in [-0.3, -0.25) is 0 Å². The van der Waals surface area contributed by atoms with E-state index in [1.807, 2.05) is 26.0 Å². The Morgan fingerprint density at radius 2 is 1.47 bits per heavy atom. The molecule has 160 valence electrons. The van der Waals surface area contributed by atoms with Crippen LogP contribution in [0.3, 0.4) is 0 Å². The lowest BCUT2D eigenvalue weighted by Crippen LogP contribution is -2.67. The van der Waals surface area contributed by atoms with Gasteiger partial charge < -0.3 is 18.6 Å². The van der Waals surface area contributed by atoms with Crippen molar-refractivity contribution in [2.45, 2.75) is 63.8 Å². The Bertz CT molecular complexity index is 851. The van der Waals surface area contributed by atoms with E-state index in [-0.39, 0.29) is 17.6 Å². The third-order valence-electron chi connectivity index (χ3n) is 5.88. The summed E-state index contributed by atoms with van der Waals surface area (Å²) in [5.74, 6) is -1.17. The van der Waals surface area contributed by atoms with Crippen molar-refractivity contribution in [1.29, 1.82) is 0 Å². The Morgan fingerprint density at radius 3 is 1.97 bits per heavy atom. The average Bonchev–Trinajstić information content (AvgIpc) is 3.17.